The first-order chi connectivity index (χ1) is 9.20. The monoisotopic (exact) mass is 287 g/mol. The van der Waals surface area contributed by atoms with Gasteiger partial charge in [0, 0.05) is 5.69 Å². The van der Waals surface area contributed by atoms with E-state index in [1.165, 1.54) is 19.1 Å². The predicted octanol–water partition coefficient (Wildman–Crippen LogP) is 1.14. The van der Waals surface area contributed by atoms with Gasteiger partial charge in [0.2, 0.25) is 11.8 Å². The molecule has 3 N–H and O–H groups in total. The Hall–Kier alpha value is -2.25. The average Bonchev–Trinajstić information content (AvgIpc) is 2.33. The van der Waals surface area contributed by atoms with Crippen molar-refractivity contribution < 1.29 is 22.8 Å². The molecule has 0 radical (unpaired) electrons. The molecule has 2 amide bonds. The molecule has 1 aromatic carbocycles. The molecule has 1 atom stereocenters. The number of benzene rings is 1. The van der Waals surface area contributed by atoms with E-state index >= 15 is 0 Å². The number of hydrogen-bond acceptors (Lipinski definition) is 4. The van der Waals surface area contributed by atoms with Crippen molar-refractivity contribution in [2.45, 2.75) is 19.1 Å². The molecule has 2 rings (SSSR count). The molecule has 1 fully saturated rings. The summed E-state index contributed by atoms with van der Waals surface area (Å²) in [7, 11) is 0. The number of carbonyl (C=O) groups excluding carboxylic acids is 2. The van der Waals surface area contributed by atoms with Crippen LogP contribution in [0.5, 0.6) is 0 Å². The zero-order valence-corrected chi connectivity index (χ0v) is 10.5. The summed E-state index contributed by atoms with van der Waals surface area (Å²) < 4.78 is 39.1. The highest BCUT2D eigenvalue weighted by molar-refractivity contribution is 6.04. The fourth-order valence-corrected chi connectivity index (χ4v) is 2.04. The second-order valence-electron chi connectivity index (χ2n) is 4.49. The third-order valence-electron chi connectivity index (χ3n) is 3.06. The molecular weight excluding hydrogens is 275 g/mol. The summed E-state index contributed by atoms with van der Waals surface area (Å²) in [5.74, 6) is -1.27. The van der Waals surface area contributed by atoms with Crippen LogP contribution in [0.2, 0.25) is 0 Å². The summed E-state index contributed by atoms with van der Waals surface area (Å²) in [4.78, 5) is 24.0. The highest BCUT2D eigenvalue weighted by Crippen LogP contribution is 2.38. The van der Waals surface area contributed by atoms with E-state index in [9.17, 15) is 22.8 Å². The van der Waals surface area contributed by atoms with Gasteiger partial charge in [-0.1, -0.05) is 0 Å². The topological polar surface area (TPSA) is 75.4 Å². The maximum atomic E-state index is 13.0. The second-order valence-corrected chi connectivity index (χ2v) is 4.49. The smallest absolute Gasteiger partial charge is 0.399 e. The number of hydrogen-bond donors (Lipinski definition) is 2. The lowest BCUT2D eigenvalue weighted by atomic mass is 10.1. The van der Waals surface area contributed by atoms with E-state index in [0.29, 0.717) is 0 Å². The minimum absolute atomic E-state index is 0.0403. The Morgan fingerprint density at radius 1 is 1.35 bits per heavy atom. The highest BCUT2D eigenvalue weighted by atomic mass is 19.4. The predicted molar refractivity (Wildman–Crippen MR) is 65.8 cm³/mol. The van der Waals surface area contributed by atoms with Crippen LogP contribution in [0, 0.1) is 0 Å². The van der Waals surface area contributed by atoms with Gasteiger partial charge in [0.05, 0.1) is 17.8 Å². The SMILES string of the molecule is CC1C(=O)NC(=O)CN1c1ccc(N)cc1C(F)(F)F. The molecule has 1 aliphatic rings. The van der Waals surface area contributed by atoms with E-state index in [2.05, 4.69) is 5.32 Å². The van der Waals surface area contributed by atoms with Crippen molar-refractivity contribution in [1.29, 1.82) is 0 Å². The molecule has 1 heterocycles. The van der Waals surface area contributed by atoms with E-state index < -0.39 is 29.6 Å². The van der Waals surface area contributed by atoms with Crippen LogP contribution in [0.25, 0.3) is 0 Å². The van der Waals surface area contributed by atoms with E-state index in [1.54, 1.807) is 0 Å². The van der Waals surface area contributed by atoms with Crippen molar-refractivity contribution in [3.63, 3.8) is 0 Å². The van der Waals surface area contributed by atoms with Crippen LogP contribution in [-0.4, -0.2) is 24.4 Å². The Bertz CT molecular complexity index is 572. The number of alkyl halides is 3. The lowest BCUT2D eigenvalue weighted by Crippen LogP contribution is -2.57. The average molecular weight is 287 g/mol. The summed E-state index contributed by atoms with van der Waals surface area (Å²) in [6.45, 7) is 1.11. The number of nitrogen functional groups attached to an aromatic ring is 1. The fraction of sp³-hybridized carbons (Fsp3) is 0.333. The number of imide groups is 1. The van der Waals surface area contributed by atoms with Gasteiger partial charge in [-0.3, -0.25) is 14.9 Å². The first-order valence-corrected chi connectivity index (χ1v) is 5.77. The number of amides is 2. The van der Waals surface area contributed by atoms with Gasteiger partial charge in [0.1, 0.15) is 6.04 Å². The normalized spacial score (nSPS) is 20.0. The number of anilines is 2. The van der Waals surface area contributed by atoms with Crippen LogP contribution in [0.1, 0.15) is 12.5 Å². The van der Waals surface area contributed by atoms with Crippen molar-refractivity contribution >= 4 is 23.2 Å². The number of carbonyl (C=O) groups is 2. The van der Waals surface area contributed by atoms with Gasteiger partial charge in [-0.05, 0) is 25.1 Å². The molecule has 0 aromatic heterocycles. The number of halogens is 3. The molecule has 0 spiro atoms. The van der Waals surface area contributed by atoms with Crippen molar-refractivity contribution in [1.82, 2.24) is 5.32 Å². The Labute approximate surface area is 112 Å². The molecular formula is C12H12F3N3O2. The standard InChI is InChI=1S/C12H12F3N3O2/c1-6-11(20)17-10(19)5-18(6)9-3-2-7(16)4-8(9)12(13,14)15/h2-4,6H,5,16H2,1H3,(H,17,19,20). The van der Waals surface area contributed by atoms with Crippen molar-refractivity contribution in [3.8, 4) is 0 Å². The van der Waals surface area contributed by atoms with Crippen LogP contribution in [0.3, 0.4) is 0 Å². The number of piperazine rings is 1. The zero-order chi connectivity index (χ0) is 15.1. The molecule has 8 heteroatoms. The molecule has 1 aromatic rings. The van der Waals surface area contributed by atoms with Gasteiger partial charge in [-0.2, -0.15) is 13.2 Å². The maximum absolute atomic E-state index is 13.0. The van der Waals surface area contributed by atoms with E-state index in [-0.39, 0.29) is 17.9 Å². The number of nitrogens with two attached hydrogens (primary N) is 1. The molecule has 0 bridgehead atoms. The van der Waals surface area contributed by atoms with Gasteiger partial charge < -0.3 is 10.6 Å². The van der Waals surface area contributed by atoms with Gasteiger partial charge >= 0.3 is 6.18 Å². The Morgan fingerprint density at radius 3 is 2.60 bits per heavy atom. The molecule has 108 valence electrons. The third-order valence-corrected chi connectivity index (χ3v) is 3.06. The van der Waals surface area contributed by atoms with Crippen LogP contribution in [0.15, 0.2) is 18.2 Å². The molecule has 0 aliphatic carbocycles. The lowest BCUT2D eigenvalue weighted by Gasteiger charge is -2.35. The Balaban J connectivity index is 2.51. The molecule has 1 unspecified atom stereocenters. The minimum atomic E-state index is -4.62. The largest absolute Gasteiger partial charge is 0.418 e. The fourth-order valence-electron chi connectivity index (χ4n) is 2.04. The summed E-state index contributed by atoms with van der Waals surface area (Å²) in [5.41, 5.74) is 4.14. The molecule has 1 saturated heterocycles. The Kier molecular flexibility index (Phi) is 3.33. The van der Waals surface area contributed by atoms with Gasteiger partial charge in [0.25, 0.3) is 0 Å². The summed E-state index contributed by atoms with van der Waals surface area (Å²) in [5, 5.41) is 2.07. The Morgan fingerprint density at radius 2 is 2.00 bits per heavy atom. The summed E-state index contributed by atoms with van der Waals surface area (Å²) >= 11 is 0. The molecule has 5 nitrogen and oxygen atoms in total. The van der Waals surface area contributed by atoms with Crippen molar-refractivity contribution in [2.75, 3.05) is 17.2 Å². The number of nitrogens with zero attached hydrogens (tertiary/aromatic N) is 1. The highest BCUT2D eigenvalue weighted by Gasteiger charge is 2.39. The zero-order valence-electron chi connectivity index (χ0n) is 10.5. The number of nitrogens with one attached hydrogen (secondary N) is 1. The summed E-state index contributed by atoms with van der Waals surface area (Å²) in [6, 6.07) is 2.38. The molecule has 1 aliphatic heterocycles. The van der Waals surface area contributed by atoms with Gasteiger partial charge in [-0.15, -0.1) is 0 Å². The van der Waals surface area contributed by atoms with E-state index in [1.807, 2.05) is 0 Å². The van der Waals surface area contributed by atoms with Crippen LogP contribution in [0.4, 0.5) is 24.5 Å². The van der Waals surface area contributed by atoms with Crippen LogP contribution >= 0.6 is 0 Å². The first-order valence-electron chi connectivity index (χ1n) is 5.77. The third kappa shape index (κ3) is 2.54. The van der Waals surface area contributed by atoms with Crippen LogP contribution < -0.4 is 16.0 Å². The second kappa shape index (κ2) is 4.69. The first kappa shape index (κ1) is 14.2. The summed E-state index contributed by atoms with van der Waals surface area (Å²) in [6.07, 6.45) is -4.62. The molecule has 20 heavy (non-hydrogen) atoms. The maximum Gasteiger partial charge on any atom is 0.418 e. The van der Waals surface area contributed by atoms with E-state index in [0.717, 1.165) is 11.0 Å². The minimum Gasteiger partial charge on any atom is -0.399 e. The lowest BCUT2D eigenvalue weighted by molar-refractivity contribution is -0.138. The van der Waals surface area contributed by atoms with Crippen LogP contribution in [-0.2, 0) is 15.8 Å². The number of rotatable bonds is 1. The quantitative estimate of drug-likeness (QED) is 0.600. The van der Waals surface area contributed by atoms with Gasteiger partial charge in [0.15, 0.2) is 0 Å². The van der Waals surface area contributed by atoms with Gasteiger partial charge in [-0.25, -0.2) is 0 Å². The van der Waals surface area contributed by atoms with Crippen molar-refractivity contribution in [2.24, 2.45) is 0 Å². The van der Waals surface area contributed by atoms with E-state index in [4.69, 9.17) is 5.73 Å². The molecule has 0 saturated carbocycles. The van der Waals surface area contributed by atoms with Crippen molar-refractivity contribution in [3.05, 3.63) is 23.8 Å².